The summed E-state index contributed by atoms with van der Waals surface area (Å²) in [7, 11) is 2.09. The van der Waals surface area contributed by atoms with Gasteiger partial charge in [0.25, 0.3) is 0 Å². The van der Waals surface area contributed by atoms with Crippen molar-refractivity contribution >= 4 is 29.9 Å². The monoisotopic (exact) mass is 413 g/mol. The van der Waals surface area contributed by atoms with Crippen molar-refractivity contribution in [1.82, 2.24) is 10.2 Å². The van der Waals surface area contributed by atoms with Gasteiger partial charge in [-0.15, -0.1) is 24.0 Å². The summed E-state index contributed by atoms with van der Waals surface area (Å²) in [5.41, 5.74) is 0. The largest absolute Gasteiger partial charge is 0.377 e. The maximum Gasteiger partial charge on any atom is 0.193 e. The van der Waals surface area contributed by atoms with Crippen molar-refractivity contribution in [2.75, 3.05) is 46.5 Å². The molecule has 0 radical (unpaired) electrons. The van der Waals surface area contributed by atoms with Crippen LogP contribution in [0.2, 0.25) is 0 Å². The number of unbranched alkanes of at least 4 members (excludes halogenated alkanes) is 1. The maximum absolute atomic E-state index is 5.63. The summed E-state index contributed by atoms with van der Waals surface area (Å²) in [6.07, 6.45) is 4.99. The molecule has 6 heteroatoms. The van der Waals surface area contributed by atoms with Crippen LogP contribution in [0.4, 0.5) is 0 Å². The van der Waals surface area contributed by atoms with Gasteiger partial charge >= 0.3 is 0 Å². The summed E-state index contributed by atoms with van der Waals surface area (Å²) in [4.78, 5) is 6.78. The van der Waals surface area contributed by atoms with Gasteiger partial charge in [-0.1, -0.05) is 13.3 Å². The number of guanidine groups is 1. The summed E-state index contributed by atoms with van der Waals surface area (Å²) in [5, 5.41) is 3.32. The number of halogens is 1. The molecule has 1 saturated heterocycles. The van der Waals surface area contributed by atoms with Crippen molar-refractivity contribution in [1.29, 1.82) is 0 Å². The fraction of sp³-hybridized carbons (Fsp3) is 0.933. The Morgan fingerprint density at radius 2 is 2.24 bits per heavy atom. The molecule has 1 aliphatic rings. The molecule has 0 saturated carbocycles. The summed E-state index contributed by atoms with van der Waals surface area (Å²) in [6, 6.07) is 0. The number of hydrogen-bond acceptors (Lipinski definition) is 3. The molecule has 1 unspecified atom stereocenters. The molecule has 1 aliphatic heterocycles. The second-order valence-corrected chi connectivity index (χ2v) is 5.22. The Labute approximate surface area is 146 Å². The van der Waals surface area contributed by atoms with Crippen LogP contribution in [0.15, 0.2) is 4.99 Å². The van der Waals surface area contributed by atoms with Crippen molar-refractivity contribution < 1.29 is 9.47 Å². The van der Waals surface area contributed by atoms with Crippen molar-refractivity contribution in [2.24, 2.45) is 4.99 Å². The van der Waals surface area contributed by atoms with E-state index < -0.39 is 0 Å². The van der Waals surface area contributed by atoms with E-state index in [0.717, 1.165) is 32.1 Å². The van der Waals surface area contributed by atoms with Crippen molar-refractivity contribution in [2.45, 2.75) is 45.6 Å². The standard InChI is InChI=1S/C15H31N3O2.HI/c1-4-6-10-18(3)15(16-5-2)17-9-12-19-13-14-8-7-11-20-14;/h14H,4-13H2,1-3H3,(H,16,17);1H. The van der Waals surface area contributed by atoms with Gasteiger partial charge in [0.2, 0.25) is 0 Å². The third kappa shape index (κ3) is 9.52. The molecule has 0 spiro atoms. The summed E-state index contributed by atoms with van der Waals surface area (Å²) >= 11 is 0. The fourth-order valence-electron chi connectivity index (χ4n) is 2.18. The molecule has 21 heavy (non-hydrogen) atoms. The molecule has 1 N–H and O–H groups in total. The predicted octanol–water partition coefficient (Wildman–Crippen LogP) is 2.50. The molecule has 0 aromatic heterocycles. The van der Waals surface area contributed by atoms with Crippen molar-refractivity contribution in [3.63, 3.8) is 0 Å². The third-order valence-electron chi connectivity index (χ3n) is 3.37. The third-order valence-corrected chi connectivity index (χ3v) is 3.37. The van der Waals surface area contributed by atoms with Gasteiger partial charge in [-0.05, 0) is 26.2 Å². The van der Waals surface area contributed by atoms with Gasteiger partial charge in [0.15, 0.2) is 5.96 Å². The Balaban J connectivity index is 0.00000400. The molecule has 0 amide bonds. The Bertz CT molecular complexity index is 272. The van der Waals surface area contributed by atoms with E-state index in [1.807, 2.05) is 0 Å². The second kappa shape index (κ2) is 13.6. The molecule has 0 aliphatic carbocycles. The van der Waals surface area contributed by atoms with E-state index in [0.29, 0.717) is 25.9 Å². The highest BCUT2D eigenvalue weighted by Crippen LogP contribution is 2.11. The van der Waals surface area contributed by atoms with Gasteiger partial charge in [0.1, 0.15) is 0 Å². The first-order valence-electron chi connectivity index (χ1n) is 7.96. The zero-order valence-electron chi connectivity index (χ0n) is 13.8. The highest BCUT2D eigenvalue weighted by atomic mass is 127. The summed E-state index contributed by atoms with van der Waals surface area (Å²) in [6.45, 7) is 9.19. The minimum Gasteiger partial charge on any atom is -0.377 e. The minimum atomic E-state index is 0. The Morgan fingerprint density at radius 3 is 2.86 bits per heavy atom. The van der Waals surface area contributed by atoms with Crippen LogP contribution in [0, 0.1) is 0 Å². The zero-order valence-corrected chi connectivity index (χ0v) is 16.1. The normalized spacial score (nSPS) is 18.4. The first-order valence-corrected chi connectivity index (χ1v) is 7.96. The highest BCUT2D eigenvalue weighted by Gasteiger charge is 2.14. The quantitative estimate of drug-likeness (QED) is 0.273. The molecule has 1 fully saturated rings. The van der Waals surface area contributed by atoms with Gasteiger partial charge in [-0.3, -0.25) is 4.99 Å². The highest BCUT2D eigenvalue weighted by molar-refractivity contribution is 14.0. The van der Waals surface area contributed by atoms with Crippen LogP contribution in [0.25, 0.3) is 0 Å². The molecular weight excluding hydrogens is 381 g/mol. The number of nitrogens with one attached hydrogen (secondary N) is 1. The average Bonchev–Trinajstić information content (AvgIpc) is 2.96. The first kappa shape index (κ1) is 20.9. The van der Waals surface area contributed by atoms with E-state index in [1.165, 1.54) is 19.3 Å². The van der Waals surface area contributed by atoms with Crippen LogP contribution in [0.5, 0.6) is 0 Å². The van der Waals surface area contributed by atoms with Crippen LogP contribution in [0.1, 0.15) is 39.5 Å². The van der Waals surface area contributed by atoms with Gasteiger partial charge in [0.05, 0.1) is 25.9 Å². The Hall–Kier alpha value is -0.0800. The van der Waals surface area contributed by atoms with Crippen LogP contribution < -0.4 is 5.32 Å². The number of rotatable bonds is 9. The van der Waals surface area contributed by atoms with E-state index in [9.17, 15) is 0 Å². The zero-order chi connectivity index (χ0) is 14.6. The van der Waals surface area contributed by atoms with E-state index in [1.54, 1.807) is 0 Å². The van der Waals surface area contributed by atoms with Crippen LogP contribution >= 0.6 is 24.0 Å². The van der Waals surface area contributed by atoms with Crippen LogP contribution in [0.3, 0.4) is 0 Å². The smallest absolute Gasteiger partial charge is 0.193 e. The van der Waals surface area contributed by atoms with Gasteiger partial charge < -0.3 is 19.7 Å². The lowest BCUT2D eigenvalue weighted by Crippen LogP contribution is -2.39. The fourth-order valence-corrected chi connectivity index (χ4v) is 2.18. The van der Waals surface area contributed by atoms with E-state index in [4.69, 9.17) is 9.47 Å². The molecule has 0 aromatic carbocycles. The molecular formula is C15H32IN3O2. The average molecular weight is 413 g/mol. The van der Waals surface area contributed by atoms with Crippen LogP contribution in [-0.2, 0) is 9.47 Å². The topological polar surface area (TPSA) is 46.1 Å². The van der Waals surface area contributed by atoms with Crippen LogP contribution in [-0.4, -0.2) is 63.5 Å². The predicted molar refractivity (Wildman–Crippen MR) is 98.7 cm³/mol. The molecule has 5 nitrogen and oxygen atoms in total. The number of hydrogen-bond donors (Lipinski definition) is 1. The SMILES string of the molecule is CCCCN(C)C(=NCCOCC1CCCO1)NCC.I. The molecule has 1 heterocycles. The lowest BCUT2D eigenvalue weighted by Gasteiger charge is -2.21. The van der Waals surface area contributed by atoms with Crippen molar-refractivity contribution in [3.05, 3.63) is 0 Å². The van der Waals surface area contributed by atoms with Gasteiger partial charge in [-0.25, -0.2) is 0 Å². The summed E-state index contributed by atoms with van der Waals surface area (Å²) in [5.74, 6) is 0.974. The Kier molecular flexibility index (Phi) is 13.5. The minimum absolute atomic E-state index is 0. The van der Waals surface area contributed by atoms with E-state index >= 15 is 0 Å². The lowest BCUT2D eigenvalue weighted by atomic mass is 10.2. The van der Waals surface area contributed by atoms with Crippen molar-refractivity contribution in [3.8, 4) is 0 Å². The molecule has 0 bridgehead atoms. The lowest BCUT2D eigenvalue weighted by molar-refractivity contribution is 0.0199. The first-order chi connectivity index (χ1) is 9.77. The molecule has 1 atom stereocenters. The number of aliphatic imine (C=N–C) groups is 1. The molecule has 0 aromatic rings. The number of nitrogens with zero attached hydrogens (tertiary/aromatic N) is 2. The van der Waals surface area contributed by atoms with E-state index in [2.05, 4.69) is 36.1 Å². The summed E-state index contributed by atoms with van der Waals surface area (Å²) < 4.78 is 11.1. The van der Waals surface area contributed by atoms with Gasteiger partial charge in [-0.2, -0.15) is 0 Å². The Morgan fingerprint density at radius 1 is 1.43 bits per heavy atom. The number of ether oxygens (including phenoxy) is 2. The maximum atomic E-state index is 5.63. The second-order valence-electron chi connectivity index (χ2n) is 5.22. The molecule has 126 valence electrons. The molecule has 1 rings (SSSR count). The van der Waals surface area contributed by atoms with E-state index in [-0.39, 0.29) is 24.0 Å². The van der Waals surface area contributed by atoms with Gasteiger partial charge in [0, 0.05) is 26.7 Å².